The molecule has 1 aromatic heterocycles. The molecule has 0 aliphatic carbocycles. The Kier molecular flexibility index (Phi) is 4.27. The Morgan fingerprint density at radius 1 is 1.56 bits per heavy atom. The van der Waals surface area contributed by atoms with Crippen molar-refractivity contribution in [1.29, 1.82) is 0 Å². The Balaban J connectivity index is 2.64. The summed E-state index contributed by atoms with van der Waals surface area (Å²) in [7, 11) is 0. The smallest absolute Gasteiger partial charge is 0.169 e. The van der Waals surface area contributed by atoms with E-state index in [9.17, 15) is 4.79 Å². The van der Waals surface area contributed by atoms with Crippen LogP contribution in [0.15, 0.2) is 12.5 Å². The van der Waals surface area contributed by atoms with Crippen molar-refractivity contribution in [3.05, 3.63) is 18.2 Å². The third-order valence-electron chi connectivity index (χ3n) is 3.03. The van der Waals surface area contributed by atoms with Gasteiger partial charge in [-0.25, -0.2) is 4.98 Å². The van der Waals surface area contributed by atoms with Crippen LogP contribution in [0.1, 0.15) is 63.5 Å². The minimum atomic E-state index is 0.347. The summed E-state index contributed by atoms with van der Waals surface area (Å²) in [4.78, 5) is 14.6. The van der Waals surface area contributed by atoms with Gasteiger partial charge in [0, 0.05) is 12.2 Å². The maximum absolute atomic E-state index is 10.6. The topological polar surface area (TPSA) is 34.9 Å². The minimum Gasteiger partial charge on any atom is -0.334 e. The summed E-state index contributed by atoms with van der Waals surface area (Å²) in [5.41, 5.74) is 0.861. The highest BCUT2D eigenvalue weighted by molar-refractivity contribution is 5.70. The maximum atomic E-state index is 10.6. The van der Waals surface area contributed by atoms with Crippen LogP contribution in [-0.4, -0.2) is 15.8 Å². The first-order chi connectivity index (χ1) is 7.48. The Morgan fingerprint density at radius 2 is 2.25 bits per heavy atom. The SMILES string of the molecule is CCCC(C)(C)CC(C)n1cnc(C=O)c1. The highest BCUT2D eigenvalue weighted by Gasteiger charge is 2.20. The van der Waals surface area contributed by atoms with Gasteiger partial charge in [0.2, 0.25) is 0 Å². The Labute approximate surface area is 97.9 Å². The summed E-state index contributed by atoms with van der Waals surface area (Å²) in [5, 5.41) is 0. The molecule has 1 rings (SSSR count). The lowest BCUT2D eigenvalue weighted by Crippen LogP contribution is -2.17. The van der Waals surface area contributed by atoms with Crippen molar-refractivity contribution in [2.24, 2.45) is 5.41 Å². The van der Waals surface area contributed by atoms with E-state index in [1.807, 2.05) is 10.8 Å². The van der Waals surface area contributed by atoms with E-state index < -0.39 is 0 Å². The molecule has 1 atom stereocenters. The number of rotatable bonds is 6. The predicted octanol–water partition coefficient (Wildman–Crippen LogP) is 3.47. The molecule has 1 heterocycles. The van der Waals surface area contributed by atoms with Crippen LogP contribution in [0.2, 0.25) is 0 Å². The number of aldehydes is 1. The van der Waals surface area contributed by atoms with Gasteiger partial charge in [-0.15, -0.1) is 0 Å². The van der Waals surface area contributed by atoms with Gasteiger partial charge in [0.15, 0.2) is 6.29 Å². The second-order valence-corrected chi connectivity index (χ2v) is 5.33. The molecule has 90 valence electrons. The second-order valence-electron chi connectivity index (χ2n) is 5.33. The molecule has 0 saturated carbocycles. The van der Waals surface area contributed by atoms with Crippen molar-refractivity contribution >= 4 is 6.29 Å². The summed E-state index contributed by atoms with van der Waals surface area (Å²) in [6.07, 6.45) is 7.90. The van der Waals surface area contributed by atoms with E-state index in [1.54, 1.807) is 6.33 Å². The van der Waals surface area contributed by atoms with E-state index in [0.29, 0.717) is 17.2 Å². The van der Waals surface area contributed by atoms with Gasteiger partial charge < -0.3 is 4.57 Å². The third-order valence-corrected chi connectivity index (χ3v) is 3.03. The fourth-order valence-electron chi connectivity index (χ4n) is 2.34. The molecule has 16 heavy (non-hydrogen) atoms. The first-order valence-electron chi connectivity index (χ1n) is 5.97. The third kappa shape index (κ3) is 3.47. The fraction of sp³-hybridized carbons (Fsp3) is 0.692. The first-order valence-corrected chi connectivity index (χ1v) is 5.97. The molecule has 0 aromatic carbocycles. The van der Waals surface area contributed by atoms with Gasteiger partial charge in [-0.3, -0.25) is 4.79 Å². The molecular formula is C13H22N2O. The van der Waals surface area contributed by atoms with E-state index in [4.69, 9.17) is 0 Å². The summed E-state index contributed by atoms with van der Waals surface area (Å²) in [6, 6.07) is 0.391. The zero-order valence-corrected chi connectivity index (χ0v) is 10.7. The van der Waals surface area contributed by atoms with Gasteiger partial charge >= 0.3 is 0 Å². The molecule has 1 aromatic rings. The summed E-state index contributed by atoms with van der Waals surface area (Å²) in [6.45, 7) is 8.98. The maximum Gasteiger partial charge on any atom is 0.169 e. The predicted molar refractivity (Wildman–Crippen MR) is 65.6 cm³/mol. The van der Waals surface area contributed by atoms with Crippen molar-refractivity contribution in [1.82, 2.24) is 9.55 Å². The lowest BCUT2D eigenvalue weighted by Gasteiger charge is -2.28. The summed E-state index contributed by atoms with van der Waals surface area (Å²) >= 11 is 0. The lowest BCUT2D eigenvalue weighted by atomic mass is 9.82. The second kappa shape index (κ2) is 5.28. The van der Waals surface area contributed by atoms with Crippen LogP contribution >= 0.6 is 0 Å². The highest BCUT2D eigenvalue weighted by Crippen LogP contribution is 2.32. The van der Waals surface area contributed by atoms with Crippen LogP contribution in [0.3, 0.4) is 0 Å². The molecule has 0 N–H and O–H groups in total. The average Bonchev–Trinajstić information content (AvgIpc) is 2.64. The van der Waals surface area contributed by atoms with Crippen LogP contribution in [0.4, 0.5) is 0 Å². The van der Waals surface area contributed by atoms with Gasteiger partial charge in [0.25, 0.3) is 0 Å². The zero-order valence-electron chi connectivity index (χ0n) is 10.7. The molecule has 1 unspecified atom stereocenters. The largest absolute Gasteiger partial charge is 0.334 e. The van der Waals surface area contributed by atoms with Crippen molar-refractivity contribution < 1.29 is 4.79 Å². The van der Waals surface area contributed by atoms with Gasteiger partial charge in [-0.2, -0.15) is 0 Å². The van der Waals surface area contributed by atoms with Gasteiger partial charge in [0.1, 0.15) is 5.69 Å². The van der Waals surface area contributed by atoms with Crippen molar-refractivity contribution in [3.8, 4) is 0 Å². The average molecular weight is 222 g/mol. The normalized spacial score (nSPS) is 13.8. The van der Waals surface area contributed by atoms with E-state index >= 15 is 0 Å². The van der Waals surface area contributed by atoms with Crippen molar-refractivity contribution in [3.63, 3.8) is 0 Å². The molecular weight excluding hydrogens is 200 g/mol. The molecule has 0 amide bonds. The summed E-state index contributed by atoms with van der Waals surface area (Å²) in [5.74, 6) is 0. The van der Waals surface area contributed by atoms with Gasteiger partial charge in [-0.1, -0.05) is 27.2 Å². The standard InChI is InChI=1S/C13H22N2O/c1-5-6-13(3,4)7-11(2)15-8-12(9-16)14-10-15/h8-11H,5-7H2,1-4H3. The van der Waals surface area contributed by atoms with Crippen molar-refractivity contribution in [2.75, 3.05) is 0 Å². The van der Waals surface area contributed by atoms with E-state index in [-0.39, 0.29) is 0 Å². The minimum absolute atomic E-state index is 0.347. The molecule has 3 heteroatoms. The molecule has 0 bridgehead atoms. The highest BCUT2D eigenvalue weighted by atomic mass is 16.1. The Hall–Kier alpha value is -1.12. The molecule has 0 aliphatic heterocycles. The van der Waals surface area contributed by atoms with Crippen LogP contribution < -0.4 is 0 Å². The number of carbonyl (C=O) groups excluding carboxylic acids is 1. The number of nitrogens with zero attached hydrogens (tertiary/aromatic N) is 2. The van der Waals surface area contributed by atoms with E-state index in [0.717, 1.165) is 12.7 Å². The Bertz CT molecular complexity index is 341. The molecule has 0 fully saturated rings. The molecule has 0 spiro atoms. The van der Waals surface area contributed by atoms with E-state index in [2.05, 4.69) is 32.7 Å². The number of carbonyl (C=O) groups is 1. The Morgan fingerprint density at radius 3 is 2.75 bits per heavy atom. The lowest BCUT2D eigenvalue weighted by molar-refractivity contribution is 0.111. The fourth-order valence-corrected chi connectivity index (χ4v) is 2.34. The van der Waals surface area contributed by atoms with Crippen LogP contribution in [0.5, 0.6) is 0 Å². The van der Waals surface area contributed by atoms with E-state index in [1.165, 1.54) is 12.8 Å². The first kappa shape index (κ1) is 12.9. The number of imidazole rings is 1. The van der Waals surface area contributed by atoms with Crippen molar-refractivity contribution in [2.45, 2.75) is 53.0 Å². The summed E-state index contributed by atoms with van der Waals surface area (Å²) < 4.78 is 2.03. The number of aromatic nitrogens is 2. The zero-order chi connectivity index (χ0) is 12.2. The van der Waals surface area contributed by atoms with Crippen LogP contribution in [-0.2, 0) is 0 Å². The molecule has 0 radical (unpaired) electrons. The van der Waals surface area contributed by atoms with Crippen LogP contribution in [0, 0.1) is 5.41 Å². The van der Waals surface area contributed by atoms with Gasteiger partial charge in [0.05, 0.1) is 6.33 Å². The number of hydrogen-bond donors (Lipinski definition) is 0. The molecule has 0 saturated heterocycles. The van der Waals surface area contributed by atoms with Gasteiger partial charge in [-0.05, 0) is 25.2 Å². The number of hydrogen-bond acceptors (Lipinski definition) is 2. The monoisotopic (exact) mass is 222 g/mol. The van der Waals surface area contributed by atoms with Crippen LogP contribution in [0.25, 0.3) is 0 Å². The quantitative estimate of drug-likeness (QED) is 0.691. The molecule has 3 nitrogen and oxygen atoms in total. The molecule has 0 aliphatic rings.